The molecule has 8 nitrogen and oxygen atoms in total. The van der Waals surface area contributed by atoms with E-state index in [-0.39, 0.29) is 35.0 Å². The molecular weight excluding hydrogens is 418 g/mol. The van der Waals surface area contributed by atoms with Gasteiger partial charge in [-0.05, 0) is 37.3 Å². The molecule has 2 N–H and O–H groups in total. The van der Waals surface area contributed by atoms with E-state index in [1.165, 1.54) is 0 Å². The maximum atomic E-state index is 13.8. The largest absolute Gasteiger partial charge is 0.481 e. The SMILES string of the molecule is CC#CCOc1ccc(S(=O)(=O)[N+]2(Cc3cccnc3)CCC(C(=O)NO)CC2)cc1. The number of ether oxygens (including phenoxy) is 1. The Morgan fingerprint density at radius 3 is 2.55 bits per heavy atom. The first-order valence-electron chi connectivity index (χ1n) is 9.98. The van der Waals surface area contributed by atoms with Gasteiger partial charge in [0, 0.05) is 30.8 Å². The number of likely N-dealkylation sites (tertiary alicyclic amines) is 1. The van der Waals surface area contributed by atoms with Crippen LogP contribution >= 0.6 is 0 Å². The lowest BCUT2D eigenvalue weighted by Gasteiger charge is -2.41. The molecule has 0 radical (unpaired) electrons. The summed E-state index contributed by atoms with van der Waals surface area (Å²) >= 11 is 0. The number of quaternary nitrogens is 1. The molecule has 0 aliphatic carbocycles. The van der Waals surface area contributed by atoms with E-state index in [0.717, 1.165) is 5.56 Å². The number of hydrogen-bond donors (Lipinski definition) is 2. The molecule has 1 saturated heterocycles. The van der Waals surface area contributed by atoms with Crippen LogP contribution in [-0.4, -0.2) is 48.1 Å². The van der Waals surface area contributed by atoms with Gasteiger partial charge in [-0.1, -0.05) is 12.0 Å². The molecule has 1 fully saturated rings. The molecule has 0 unspecified atom stereocenters. The molecule has 164 valence electrons. The van der Waals surface area contributed by atoms with Gasteiger partial charge in [0.05, 0.1) is 19.0 Å². The summed E-state index contributed by atoms with van der Waals surface area (Å²) in [5, 5.41) is 8.94. The molecule has 3 rings (SSSR count). The minimum Gasteiger partial charge on any atom is -0.481 e. The van der Waals surface area contributed by atoms with Crippen LogP contribution in [0.4, 0.5) is 0 Å². The quantitative estimate of drug-likeness (QED) is 0.293. The zero-order valence-corrected chi connectivity index (χ0v) is 18.1. The van der Waals surface area contributed by atoms with Gasteiger partial charge in [0.1, 0.15) is 23.8 Å². The maximum absolute atomic E-state index is 13.8. The maximum Gasteiger partial charge on any atom is 0.327 e. The van der Waals surface area contributed by atoms with Gasteiger partial charge in [-0.25, -0.2) is 9.37 Å². The number of nitrogens with zero attached hydrogens (tertiary/aromatic N) is 2. The number of amides is 1. The number of rotatable bonds is 7. The third kappa shape index (κ3) is 5.05. The van der Waals surface area contributed by atoms with Crippen LogP contribution in [0.3, 0.4) is 0 Å². The van der Waals surface area contributed by atoms with Crippen molar-refractivity contribution in [2.24, 2.45) is 5.92 Å². The second kappa shape index (κ2) is 9.92. The van der Waals surface area contributed by atoms with Gasteiger partial charge in [0.25, 0.3) is 0 Å². The Hall–Kier alpha value is -2.93. The highest BCUT2D eigenvalue weighted by Crippen LogP contribution is 2.34. The summed E-state index contributed by atoms with van der Waals surface area (Å²) in [6, 6.07) is 9.95. The van der Waals surface area contributed by atoms with Gasteiger partial charge >= 0.3 is 10.0 Å². The number of hydrogen-bond acceptors (Lipinski definition) is 6. The summed E-state index contributed by atoms with van der Waals surface area (Å²) < 4.78 is 32.8. The summed E-state index contributed by atoms with van der Waals surface area (Å²) in [5.74, 6) is 5.17. The highest BCUT2D eigenvalue weighted by atomic mass is 32.2. The Balaban J connectivity index is 1.90. The molecule has 0 spiro atoms. The van der Waals surface area contributed by atoms with Crippen molar-refractivity contribution in [2.45, 2.75) is 31.2 Å². The zero-order chi connectivity index (χ0) is 22.3. The number of aromatic nitrogens is 1. The molecule has 2 aromatic rings. The second-order valence-electron chi connectivity index (χ2n) is 7.44. The van der Waals surface area contributed by atoms with Crippen LogP contribution in [0, 0.1) is 17.8 Å². The Morgan fingerprint density at radius 1 is 1.26 bits per heavy atom. The Morgan fingerprint density at radius 2 is 1.97 bits per heavy atom. The van der Waals surface area contributed by atoms with E-state index < -0.39 is 21.8 Å². The van der Waals surface area contributed by atoms with Crippen molar-refractivity contribution in [3.8, 4) is 17.6 Å². The molecule has 0 saturated carbocycles. The molecule has 1 aromatic heterocycles. The van der Waals surface area contributed by atoms with Crippen LogP contribution in [0.25, 0.3) is 0 Å². The van der Waals surface area contributed by atoms with E-state index >= 15 is 0 Å². The fourth-order valence-corrected chi connectivity index (χ4v) is 5.76. The summed E-state index contributed by atoms with van der Waals surface area (Å²) in [7, 11) is -3.79. The van der Waals surface area contributed by atoms with Gasteiger partial charge < -0.3 is 4.74 Å². The van der Waals surface area contributed by atoms with Crippen molar-refractivity contribution in [1.29, 1.82) is 0 Å². The Kier molecular flexibility index (Phi) is 7.28. The average molecular weight is 445 g/mol. The van der Waals surface area contributed by atoms with E-state index in [9.17, 15) is 13.2 Å². The number of carbonyl (C=O) groups is 1. The first kappa shape index (κ1) is 22.7. The van der Waals surface area contributed by atoms with Crippen molar-refractivity contribution in [3.63, 3.8) is 0 Å². The second-order valence-corrected chi connectivity index (χ2v) is 9.63. The van der Waals surface area contributed by atoms with Crippen molar-refractivity contribution in [1.82, 2.24) is 10.5 Å². The van der Waals surface area contributed by atoms with E-state index in [0.29, 0.717) is 18.6 Å². The number of benzene rings is 1. The van der Waals surface area contributed by atoms with Crippen LogP contribution < -0.4 is 10.2 Å². The van der Waals surface area contributed by atoms with Crippen molar-refractivity contribution >= 4 is 15.9 Å². The molecule has 1 aromatic carbocycles. The predicted molar refractivity (Wildman–Crippen MR) is 113 cm³/mol. The van der Waals surface area contributed by atoms with E-state index in [2.05, 4.69) is 16.8 Å². The number of pyridine rings is 1. The topological polar surface area (TPSA) is 106 Å². The van der Waals surface area contributed by atoms with Crippen LogP contribution in [0.5, 0.6) is 5.75 Å². The summed E-state index contributed by atoms with van der Waals surface area (Å²) in [6.07, 6.45) is 4.00. The van der Waals surface area contributed by atoms with Crippen molar-refractivity contribution in [3.05, 3.63) is 54.4 Å². The lowest BCUT2D eigenvalue weighted by Crippen LogP contribution is -2.57. The van der Waals surface area contributed by atoms with Gasteiger partial charge in [0.2, 0.25) is 5.91 Å². The van der Waals surface area contributed by atoms with E-state index in [4.69, 9.17) is 9.94 Å². The fraction of sp³-hybridized carbons (Fsp3) is 0.364. The van der Waals surface area contributed by atoms with Crippen LogP contribution in [0.2, 0.25) is 0 Å². The van der Waals surface area contributed by atoms with Crippen molar-refractivity contribution < 1.29 is 27.0 Å². The zero-order valence-electron chi connectivity index (χ0n) is 17.3. The minimum absolute atomic E-state index is 0.190. The molecule has 1 aliphatic rings. The van der Waals surface area contributed by atoms with E-state index in [1.54, 1.807) is 55.1 Å². The van der Waals surface area contributed by atoms with Crippen LogP contribution in [-0.2, 0) is 21.4 Å². The normalized spacial score (nSPS) is 20.9. The number of carbonyl (C=O) groups excluding carboxylic acids is 1. The van der Waals surface area contributed by atoms with E-state index in [1.807, 2.05) is 6.07 Å². The first-order valence-corrected chi connectivity index (χ1v) is 11.4. The lowest BCUT2D eigenvalue weighted by atomic mass is 9.96. The molecule has 1 amide bonds. The summed E-state index contributed by atoms with van der Waals surface area (Å²) in [6.45, 7) is 2.70. The third-order valence-electron chi connectivity index (χ3n) is 5.56. The molecule has 9 heteroatoms. The minimum atomic E-state index is -3.79. The first-order chi connectivity index (χ1) is 14.9. The number of sulfonamides is 1. The molecular formula is C22H26N3O5S+. The Bertz CT molecular complexity index is 1050. The smallest absolute Gasteiger partial charge is 0.327 e. The number of nitrogens with one attached hydrogen (secondary N) is 1. The highest BCUT2D eigenvalue weighted by Gasteiger charge is 2.47. The standard InChI is InChI=1S/C22H25N3O5S/c1-2-3-15-30-20-6-8-21(9-7-20)31(28,29)25(17-18-5-4-12-23-16-18)13-10-19(11-14-25)22(26)24-27/h4-9,12,16,19H,10-11,13-15,17H2,1H3,(H-,24,26,27)/p+1. The highest BCUT2D eigenvalue weighted by molar-refractivity contribution is 7.86. The molecule has 0 atom stereocenters. The average Bonchev–Trinajstić information content (AvgIpc) is 2.80. The van der Waals surface area contributed by atoms with Gasteiger partial charge in [-0.3, -0.25) is 15.0 Å². The third-order valence-corrected chi connectivity index (χ3v) is 7.95. The molecule has 0 bridgehead atoms. The molecule has 2 heterocycles. The molecule has 1 aliphatic heterocycles. The van der Waals surface area contributed by atoms with Crippen LogP contribution in [0.1, 0.15) is 25.3 Å². The summed E-state index contributed by atoms with van der Waals surface area (Å²) in [5.41, 5.74) is 2.48. The number of hydroxylamine groups is 1. The van der Waals surface area contributed by atoms with Crippen LogP contribution in [0.15, 0.2) is 53.7 Å². The predicted octanol–water partition coefficient (Wildman–Crippen LogP) is 2.10. The Labute approximate surface area is 182 Å². The van der Waals surface area contributed by atoms with Crippen molar-refractivity contribution in [2.75, 3.05) is 19.7 Å². The fourth-order valence-electron chi connectivity index (χ4n) is 3.82. The monoisotopic (exact) mass is 444 g/mol. The van der Waals surface area contributed by atoms with Gasteiger partial charge in [0.15, 0.2) is 0 Å². The number of piperidine rings is 1. The van der Waals surface area contributed by atoms with Gasteiger partial charge in [-0.2, -0.15) is 8.42 Å². The molecule has 31 heavy (non-hydrogen) atoms. The van der Waals surface area contributed by atoms with Gasteiger partial charge in [-0.15, -0.1) is 5.92 Å². The summed E-state index contributed by atoms with van der Waals surface area (Å²) in [4.78, 5) is 16.2. The lowest BCUT2D eigenvalue weighted by molar-refractivity contribution is -0.827.